The van der Waals surface area contributed by atoms with Crippen molar-refractivity contribution in [3.63, 3.8) is 0 Å². The summed E-state index contributed by atoms with van der Waals surface area (Å²) in [4.78, 5) is 13.3. The molecule has 0 aromatic carbocycles. The van der Waals surface area contributed by atoms with Gasteiger partial charge in [0.2, 0.25) is 0 Å². The summed E-state index contributed by atoms with van der Waals surface area (Å²) in [6, 6.07) is 0. The Labute approximate surface area is 188 Å². The monoisotopic (exact) mass is 432 g/mol. The molecule has 0 unspecified atom stereocenters. The second-order valence-corrected chi connectivity index (χ2v) is 12.8. The predicted molar refractivity (Wildman–Crippen MR) is 120 cm³/mol. The summed E-state index contributed by atoms with van der Waals surface area (Å²) >= 11 is 0. The molecule has 1 heterocycles. The molecule has 2 N–H and O–H groups in total. The summed E-state index contributed by atoms with van der Waals surface area (Å²) in [5.74, 6) is 3.80. The van der Waals surface area contributed by atoms with Crippen LogP contribution < -0.4 is 0 Å². The number of ether oxygens (including phenoxy) is 1. The van der Waals surface area contributed by atoms with Gasteiger partial charge in [-0.05, 0) is 97.7 Å². The lowest BCUT2D eigenvalue weighted by Crippen LogP contribution is -2.57. The van der Waals surface area contributed by atoms with Crippen molar-refractivity contribution in [1.82, 2.24) is 0 Å². The van der Waals surface area contributed by atoms with E-state index in [1.807, 2.05) is 0 Å². The summed E-state index contributed by atoms with van der Waals surface area (Å²) in [7, 11) is 0. The number of fused-ring (bicyclic) bond motifs is 7. The number of aliphatic hydroxyl groups is 2. The van der Waals surface area contributed by atoms with E-state index in [0.717, 1.165) is 38.5 Å². The average molecular weight is 433 g/mol. The summed E-state index contributed by atoms with van der Waals surface area (Å²) < 4.78 is 6.70. The fourth-order valence-corrected chi connectivity index (χ4v) is 9.58. The Bertz CT molecular complexity index is 707. The van der Waals surface area contributed by atoms with Crippen molar-refractivity contribution >= 4 is 5.78 Å². The van der Waals surface area contributed by atoms with E-state index in [-0.39, 0.29) is 24.0 Å². The standard InChI is InChI=1S/C27H44O4/c1-15(14-28)5-6-23-16(2)25-24(31-23)13-20-18-12-22(30)21-11-17(29)7-9-26(21,3)19(18)8-10-27(20,25)4/h15-21,23-25,28-29H,5-14H2,1-4H3/t15-,16-,17+,18-,19+,20+,21-,23-,24+,25+,26-,27+/m1/s1. The second-order valence-electron chi connectivity index (χ2n) is 12.8. The third-order valence-corrected chi connectivity index (χ3v) is 11.3. The minimum Gasteiger partial charge on any atom is -0.396 e. The molecule has 1 aliphatic heterocycles. The highest BCUT2D eigenvalue weighted by Crippen LogP contribution is 2.69. The topological polar surface area (TPSA) is 66.8 Å². The summed E-state index contributed by atoms with van der Waals surface area (Å²) in [6.07, 6.45) is 9.46. The molecule has 31 heavy (non-hydrogen) atoms. The Morgan fingerprint density at radius 3 is 2.61 bits per heavy atom. The number of ketones is 1. The van der Waals surface area contributed by atoms with Gasteiger partial charge in [0.15, 0.2) is 0 Å². The molecule has 4 aliphatic carbocycles. The molecule has 0 amide bonds. The van der Waals surface area contributed by atoms with Crippen LogP contribution in [0.2, 0.25) is 0 Å². The minimum atomic E-state index is -0.280. The SMILES string of the molecule is C[C@@H](CO)CC[C@H]1O[C@H]2C[C@H]3[C@@H]4CC(=O)[C@H]5C[C@@H](O)CC[C@]5(C)[C@H]4CC[C@]3(C)[C@H]2[C@@H]1C. The number of Topliss-reactive ketones (excluding diaryl/α,β-unsaturated/α-hetero) is 1. The maximum atomic E-state index is 13.3. The molecule has 1 saturated heterocycles. The van der Waals surface area contributed by atoms with Crippen LogP contribution in [0.15, 0.2) is 0 Å². The van der Waals surface area contributed by atoms with Crippen LogP contribution in [0.25, 0.3) is 0 Å². The van der Waals surface area contributed by atoms with Crippen molar-refractivity contribution in [2.24, 2.45) is 52.3 Å². The lowest BCUT2D eigenvalue weighted by Gasteiger charge is -2.60. The van der Waals surface area contributed by atoms with Crippen molar-refractivity contribution in [2.75, 3.05) is 6.61 Å². The van der Waals surface area contributed by atoms with Gasteiger partial charge in [0, 0.05) is 18.9 Å². The highest BCUT2D eigenvalue weighted by Gasteiger charge is 2.66. The second kappa shape index (κ2) is 7.81. The Hall–Kier alpha value is -0.450. The lowest BCUT2D eigenvalue weighted by atomic mass is 9.44. The van der Waals surface area contributed by atoms with E-state index >= 15 is 0 Å². The van der Waals surface area contributed by atoms with Gasteiger partial charge in [-0.1, -0.05) is 27.7 Å². The third kappa shape index (κ3) is 3.29. The molecule has 5 rings (SSSR count). The molecule has 0 radical (unpaired) electrons. The van der Waals surface area contributed by atoms with Crippen molar-refractivity contribution in [2.45, 2.75) is 104 Å². The van der Waals surface area contributed by atoms with Gasteiger partial charge >= 0.3 is 0 Å². The largest absolute Gasteiger partial charge is 0.396 e. The van der Waals surface area contributed by atoms with Gasteiger partial charge in [-0.2, -0.15) is 0 Å². The van der Waals surface area contributed by atoms with Gasteiger partial charge in [-0.15, -0.1) is 0 Å². The van der Waals surface area contributed by atoms with Gasteiger partial charge in [-0.3, -0.25) is 4.79 Å². The number of carbonyl (C=O) groups is 1. The molecular formula is C27H44O4. The van der Waals surface area contributed by atoms with Crippen LogP contribution in [-0.2, 0) is 9.53 Å². The number of hydrogen-bond donors (Lipinski definition) is 2. The summed E-state index contributed by atoms with van der Waals surface area (Å²) in [6.45, 7) is 9.71. The van der Waals surface area contributed by atoms with Gasteiger partial charge in [-0.25, -0.2) is 0 Å². The molecule has 5 fully saturated rings. The Morgan fingerprint density at radius 1 is 1.13 bits per heavy atom. The predicted octanol–water partition coefficient (Wildman–Crippen LogP) is 4.61. The van der Waals surface area contributed by atoms with E-state index in [4.69, 9.17) is 4.74 Å². The molecule has 12 atom stereocenters. The van der Waals surface area contributed by atoms with Crippen LogP contribution >= 0.6 is 0 Å². The van der Waals surface area contributed by atoms with Crippen LogP contribution in [0.3, 0.4) is 0 Å². The number of hydrogen-bond acceptors (Lipinski definition) is 4. The quantitative estimate of drug-likeness (QED) is 0.681. The zero-order valence-electron chi connectivity index (χ0n) is 20.1. The van der Waals surface area contributed by atoms with E-state index in [9.17, 15) is 15.0 Å². The van der Waals surface area contributed by atoms with Crippen LogP contribution in [0.1, 0.15) is 85.5 Å². The smallest absolute Gasteiger partial charge is 0.136 e. The van der Waals surface area contributed by atoms with Gasteiger partial charge in [0.1, 0.15) is 5.78 Å². The van der Waals surface area contributed by atoms with Crippen LogP contribution in [0.4, 0.5) is 0 Å². The van der Waals surface area contributed by atoms with Gasteiger partial charge in [0.05, 0.1) is 18.3 Å². The average Bonchev–Trinajstić information content (AvgIpc) is 3.21. The number of aliphatic hydroxyl groups excluding tert-OH is 2. The van der Waals surface area contributed by atoms with E-state index < -0.39 is 0 Å². The third-order valence-electron chi connectivity index (χ3n) is 11.3. The molecular weight excluding hydrogens is 388 g/mol. The Kier molecular flexibility index (Phi) is 5.63. The van der Waals surface area contributed by atoms with E-state index in [2.05, 4.69) is 27.7 Å². The highest BCUT2D eigenvalue weighted by molar-refractivity contribution is 5.83. The van der Waals surface area contributed by atoms with Gasteiger partial charge in [0.25, 0.3) is 0 Å². The molecule has 4 heteroatoms. The molecule has 4 nitrogen and oxygen atoms in total. The first-order valence-electron chi connectivity index (χ1n) is 13.2. The Balaban J connectivity index is 1.35. The van der Waals surface area contributed by atoms with Crippen LogP contribution in [-0.4, -0.2) is 40.9 Å². The lowest BCUT2D eigenvalue weighted by molar-refractivity contribution is -0.160. The normalized spacial score (nSPS) is 54.6. The molecule has 0 aromatic rings. The Morgan fingerprint density at radius 2 is 1.87 bits per heavy atom. The molecule has 0 spiro atoms. The zero-order valence-corrected chi connectivity index (χ0v) is 20.1. The summed E-state index contributed by atoms with van der Waals surface area (Å²) in [5, 5.41) is 19.6. The van der Waals surface area contributed by atoms with Crippen molar-refractivity contribution < 1.29 is 19.7 Å². The van der Waals surface area contributed by atoms with E-state index in [1.54, 1.807) is 0 Å². The van der Waals surface area contributed by atoms with E-state index in [0.29, 0.717) is 65.3 Å². The minimum absolute atomic E-state index is 0.0795. The van der Waals surface area contributed by atoms with Crippen molar-refractivity contribution in [3.8, 4) is 0 Å². The summed E-state index contributed by atoms with van der Waals surface area (Å²) in [5.41, 5.74) is 0.383. The molecule has 0 aromatic heterocycles. The first-order chi connectivity index (χ1) is 14.7. The first kappa shape index (κ1) is 22.3. The maximum Gasteiger partial charge on any atom is 0.136 e. The molecule has 176 valence electrons. The number of carbonyl (C=O) groups excluding carboxylic acids is 1. The molecule has 5 aliphatic rings. The highest BCUT2D eigenvalue weighted by atomic mass is 16.5. The number of rotatable bonds is 4. The first-order valence-corrected chi connectivity index (χ1v) is 13.2. The fraction of sp³-hybridized carbons (Fsp3) is 0.963. The van der Waals surface area contributed by atoms with E-state index in [1.165, 1.54) is 12.8 Å². The maximum absolute atomic E-state index is 13.3. The molecule has 4 saturated carbocycles. The van der Waals surface area contributed by atoms with Crippen molar-refractivity contribution in [3.05, 3.63) is 0 Å². The fourth-order valence-electron chi connectivity index (χ4n) is 9.58. The van der Waals surface area contributed by atoms with Gasteiger partial charge < -0.3 is 14.9 Å². The molecule has 0 bridgehead atoms. The van der Waals surface area contributed by atoms with Crippen molar-refractivity contribution in [1.29, 1.82) is 0 Å². The van der Waals surface area contributed by atoms with Crippen LogP contribution in [0, 0.1) is 52.3 Å². The zero-order chi connectivity index (χ0) is 22.1. The van der Waals surface area contributed by atoms with Crippen LogP contribution in [0.5, 0.6) is 0 Å².